The molecule has 29 heavy (non-hydrogen) atoms. The highest BCUT2D eigenvalue weighted by atomic mass is 16.2. The van der Waals surface area contributed by atoms with E-state index < -0.39 is 0 Å². The van der Waals surface area contributed by atoms with Gasteiger partial charge in [-0.15, -0.1) is 0 Å². The predicted octanol–water partition coefficient (Wildman–Crippen LogP) is 3.55. The molecule has 0 unspecified atom stereocenters. The maximum atomic E-state index is 13.1. The van der Waals surface area contributed by atoms with Crippen LogP contribution >= 0.6 is 0 Å². The molecule has 0 radical (unpaired) electrons. The van der Waals surface area contributed by atoms with Crippen LogP contribution in [0.1, 0.15) is 21.5 Å². The third-order valence-electron chi connectivity index (χ3n) is 4.44. The summed E-state index contributed by atoms with van der Waals surface area (Å²) in [6, 6.07) is 22.4. The van der Waals surface area contributed by atoms with E-state index in [4.69, 9.17) is 0 Å². The standard InChI is InChI=1S/C24H23N3O2/c1-27(16-14-19-9-4-2-5-10-19)24(29)22(17-20-11-8-15-25-18-20)26-23(28)21-12-6-3-7-13-21/h2-13,15,17-18H,14,16H2,1H3,(H,26,28)/b22-17+. The van der Waals surface area contributed by atoms with Gasteiger partial charge in [0, 0.05) is 31.5 Å². The number of rotatable bonds is 7. The van der Waals surface area contributed by atoms with E-state index in [9.17, 15) is 9.59 Å². The summed E-state index contributed by atoms with van der Waals surface area (Å²) in [5, 5.41) is 2.76. The van der Waals surface area contributed by atoms with Crippen LogP contribution in [0.2, 0.25) is 0 Å². The van der Waals surface area contributed by atoms with Crippen LogP contribution in [0.5, 0.6) is 0 Å². The van der Waals surface area contributed by atoms with Gasteiger partial charge in [-0.2, -0.15) is 0 Å². The van der Waals surface area contributed by atoms with Crippen LogP contribution < -0.4 is 5.32 Å². The first kappa shape index (κ1) is 20.0. The van der Waals surface area contributed by atoms with E-state index in [0.29, 0.717) is 12.1 Å². The fourth-order valence-electron chi connectivity index (χ4n) is 2.81. The van der Waals surface area contributed by atoms with Crippen molar-refractivity contribution in [2.45, 2.75) is 6.42 Å². The quantitative estimate of drug-likeness (QED) is 0.633. The normalized spacial score (nSPS) is 11.0. The number of carbonyl (C=O) groups excluding carboxylic acids is 2. The number of amides is 2. The van der Waals surface area contributed by atoms with Gasteiger partial charge in [-0.05, 0) is 41.8 Å². The molecule has 0 fully saturated rings. The molecule has 1 heterocycles. The maximum absolute atomic E-state index is 13.1. The molecule has 2 aromatic carbocycles. The zero-order valence-corrected chi connectivity index (χ0v) is 16.3. The van der Waals surface area contributed by atoms with Gasteiger partial charge in [0.25, 0.3) is 11.8 Å². The second-order valence-corrected chi connectivity index (χ2v) is 6.63. The van der Waals surface area contributed by atoms with Gasteiger partial charge in [0.05, 0.1) is 0 Å². The zero-order chi connectivity index (χ0) is 20.5. The van der Waals surface area contributed by atoms with Crippen molar-refractivity contribution in [3.8, 4) is 0 Å². The summed E-state index contributed by atoms with van der Waals surface area (Å²) < 4.78 is 0. The minimum Gasteiger partial charge on any atom is -0.340 e. The van der Waals surface area contributed by atoms with Gasteiger partial charge in [0.15, 0.2) is 0 Å². The summed E-state index contributed by atoms with van der Waals surface area (Å²) in [5.74, 6) is -0.584. The maximum Gasteiger partial charge on any atom is 0.270 e. The Balaban J connectivity index is 1.77. The zero-order valence-electron chi connectivity index (χ0n) is 16.3. The van der Waals surface area contributed by atoms with E-state index in [1.807, 2.05) is 42.5 Å². The number of hydrogen-bond donors (Lipinski definition) is 1. The second-order valence-electron chi connectivity index (χ2n) is 6.63. The van der Waals surface area contributed by atoms with Gasteiger partial charge < -0.3 is 10.2 Å². The molecule has 3 aromatic rings. The van der Waals surface area contributed by atoms with Gasteiger partial charge in [0.2, 0.25) is 0 Å². The lowest BCUT2D eigenvalue weighted by molar-refractivity contribution is -0.126. The van der Waals surface area contributed by atoms with Crippen LogP contribution in [0.15, 0.2) is 90.9 Å². The Hall–Kier alpha value is -3.73. The van der Waals surface area contributed by atoms with Crippen molar-refractivity contribution in [2.75, 3.05) is 13.6 Å². The topological polar surface area (TPSA) is 62.3 Å². The Morgan fingerprint density at radius 1 is 0.966 bits per heavy atom. The SMILES string of the molecule is CN(CCc1ccccc1)C(=O)/C(=C\c1cccnc1)NC(=O)c1ccccc1. The molecule has 1 aromatic heterocycles. The summed E-state index contributed by atoms with van der Waals surface area (Å²) in [4.78, 5) is 31.4. The number of likely N-dealkylation sites (N-methyl/N-ethyl adjacent to an activating group) is 1. The second kappa shape index (κ2) is 9.99. The first-order valence-electron chi connectivity index (χ1n) is 9.41. The number of pyridine rings is 1. The van der Waals surface area contributed by atoms with Crippen molar-refractivity contribution < 1.29 is 9.59 Å². The van der Waals surface area contributed by atoms with Crippen molar-refractivity contribution in [1.82, 2.24) is 15.2 Å². The Morgan fingerprint density at radius 3 is 2.31 bits per heavy atom. The van der Waals surface area contributed by atoms with Crippen molar-refractivity contribution in [2.24, 2.45) is 0 Å². The number of nitrogens with zero attached hydrogens (tertiary/aromatic N) is 2. The van der Waals surface area contributed by atoms with Crippen LogP contribution in [-0.4, -0.2) is 35.3 Å². The highest BCUT2D eigenvalue weighted by Crippen LogP contribution is 2.09. The molecule has 146 valence electrons. The van der Waals surface area contributed by atoms with Crippen LogP contribution in [0.4, 0.5) is 0 Å². The van der Waals surface area contributed by atoms with E-state index in [1.165, 1.54) is 0 Å². The summed E-state index contributed by atoms with van der Waals surface area (Å²) in [7, 11) is 1.73. The van der Waals surface area contributed by atoms with Crippen LogP contribution in [-0.2, 0) is 11.2 Å². The van der Waals surface area contributed by atoms with Crippen LogP contribution in [0, 0.1) is 0 Å². The lowest BCUT2D eigenvalue weighted by atomic mass is 10.1. The Kier molecular flexibility index (Phi) is 6.90. The van der Waals surface area contributed by atoms with Gasteiger partial charge in [-0.1, -0.05) is 54.6 Å². The number of nitrogens with one attached hydrogen (secondary N) is 1. The molecule has 5 heteroatoms. The molecule has 0 saturated heterocycles. The average Bonchev–Trinajstić information content (AvgIpc) is 2.78. The van der Waals surface area contributed by atoms with Crippen molar-refractivity contribution in [1.29, 1.82) is 0 Å². The van der Waals surface area contributed by atoms with Gasteiger partial charge >= 0.3 is 0 Å². The summed E-state index contributed by atoms with van der Waals surface area (Å²) in [6.07, 6.45) is 5.68. The molecule has 1 N–H and O–H groups in total. The monoisotopic (exact) mass is 385 g/mol. The van der Waals surface area contributed by atoms with Crippen LogP contribution in [0.3, 0.4) is 0 Å². The first-order valence-corrected chi connectivity index (χ1v) is 9.41. The number of hydrogen-bond acceptors (Lipinski definition) is 3. The van der Waals surface area contributed by atoms with Gasteiger partial charge in [-0.3, -0.25) is 14.6 Å². The molecule has 3 rings (SSSR count). The fourth-order valence-corrected chi connectivity index (χ4v) is 2.81. The molecule has 0 atom stereocenters. The Morgan fingerprint density at radius 2 is 1.66 bits per heavy atom. The summed E-state index contributed by atoms with van der Waals surface area (Å²) in [5.41, 5.74) is 2.59. The number of carbonyl (C=O) groups is 2. The average molecular weight is 385 g/mol. The minimum absolute atomic E-state index is 0.211. The molecule has 0 aliphatic heterocycles. The summed E-state index contributed by atoms with van der Waals surface area (Å²) in [6.45, 7) is 0.536. The Bertz CT molecular complexity index is 971. The third-order valence-corrected chi connectivity index (χ3v) is 4.44. The number of aromatic nitrogens is 1. The predicted molar refractivity (Wildman–Crippen MR) is 114 cm³/mol. The van der Waals surface area contributed by atoms with E-state index in [2.05, 4.69) is 10.3 Å². The smallest absolute Gasteiger partial charge is 0.270 e. The molecule has 5 nitrogen and oxygen atoms in total. The van der Waals surface area contributed by atoms with Crippen molar-refractivity contribution in [3.05, 3.63) is 108 Å². The third kappa shape index (κ3) is 5.87. The molecule has 2 amide bonds. The minimum atomic E-state index is -0.328. The molecular weight excluding hydrogens is 362 g/mol. The number of benzene rings is 2. The molecule has 0 bridgehead atoms. The molecule has 0 saturated carbocycles. The fraction of sp³-hybridized carbons (Fsp3) is 0.125. The van der Waals surface area contributed by atoms with Gasteiger partial charge in [0.1, 0.15) is 5.70 Å². The van der Waals surface area contributed by atoms with Gasteiger partial charge in [-0.25, -0.2) is 0 Å². The van der Waals surface area contributed by atoms with Crippen molar-refractivity contribution in [3.63, 3.8) is 0 Å². The molecule has 0 aliphatic rings. The lowest BCUT2D eigenvalue weighted by Gasteiger charge is -2.20. The van der Waals surface area contributed by atoms with E-state index in [1.54, 1.807) is 60.7 Å². The Labute approximate surface area is 170 Å². The molecule has 0 aliphatic carbocycles. The van der Waals surface area contributed by atoms with Crippen molar-refractivity contribution >= 4 is 17.9 Å². The molecule has 0 spiro atoms. The van der Waals surface area contributed by atoms with E-state index in [-0.39, 0.29) is 17.5 Å². The summed E-state index contributed by atoms with van der Waals surface area (Å²) >= 11 is 0. The lowest BCUT2D eigenvalue weighted by Crippen LogP contribution is -2.37. The highest BCUT2D eigenvalue weighted by Gasteiger charge is 2.18. The van der Waals surface area contributed by atoms with E-state index in [0.717, 1.165) is 17.5 Å². The van der Waals surface area contributed by atoms with Crippen LogP contribution in [0.25, 0.3) is 6.08 Å². The first-order chi connectivity index (χ1) is 14.1. The van der Waals surface area contributed by atoms with E-state index >= 15 is 0 Å². The molecular formula is C24H23N3O2. The largest absolute Gasteiger partial charge is 0.340 e. The highest BCUT2D eigenvalue weighted by molar-refractivity contribution is 6.05.